The van der Waals surface area contributed by atoms with Crippen LogP contribution in [0.5, 0.6) is 5.75 Å². The molecule has 2 aromatic carbocycles. The van der Waals surface area contributed by atoms with Gasteiger partial charge < -0.3 is 14.3 Å². The van der Waals surface area contributed by atoms with Crippen molar-refractivity contribution in [2.45, 2.75) is 44.9 Å². The van der Waals surface area contributed by atoms with E-state index < -0.39 is 5.97 Å². The first kappa shape index (κ1) is 19.2. The molecule has 1 heterocycles. The van der Waals surface area contributed by atoms with Crippen molar-refractivity contribution in [1.29, 1.82) is 0 Å². The summed E-state index contributed by atoms with van der Waals surface area (Å²) in [4.78, 5) is 15.7. The molecule has 5 nitrogen and oxygen atoms in total. The first-order valence-corrected chi connectivity index (χ1v) is 10.2. The molecule has 1 N–H and O–H groups in total. The molecule has 1 aliphatic carbocycles. The number of benzene rings is 2. The molecule has 5 heteroatoms. The molecular formula is C24H25NO4. The van der Waals surface area contributed by atoms with Gasteiger partial charge in [0, 0.05) is 18.4 Å². The molecule has 0 amide bonds. The van der Waals surface area contributed by atoms with Crippen LogP contribution < -0.4 is 4.74 Å². The average Bonchev–Trinajstić information content (AvgIpc) is 3.32. The Morgan fingerprint density at radius 2 is 2.07 bits per heavy atom. The van der Waals surface area contributed by atoms with Gasteiger partial charge in [0.1, 0.15) is 11.5 Å². The Bertz CT molecular complexity index is 993. The number of fused-ring (bicyclic) bond motifs is 1. The second kappa shape index (κ2) is 8.52. The average molecular weight is 391 g/mol. The molecule has 29 heavy (non-hydrogen) atoms. The van der Waals surface area contributed by atoms with Gasteiger partial charge in [0.25, 0.3) is 0 Å². The van der Waals surface area contributed by atoms with Gasteiger partial charge in [0.2, 0.25) is 5.89 Å². The molecule has 0 saturated carbocycles. The van der Waals surface area contributed by atoms with Crippen LogP contribution in [0.2, 0.25) is 0 Å². The van der Waals surface area contributed by atoms with Crippen LogP contribution in [0.1, 0.15) is 48.3 Å². The summed E-state index contributed by atoms with van der Waals surface area (Å²) in [5, 5.41) is 9.06. The van der Waals surface area contributed by atoms with Gasteiger partial charge in [-0.2, -0.15) is 0 Å². The Morgan fingerprint density at radius 1 is 1.24 bits per heavy atom. The second-order valence-corrected chi connectivity index (χ2v) is 7.40. The van der Waals surface area contributed by atoms with Crippen molar-refractivity contribution in [3.05, 3.63) is 71.1 Å². The molecule has 0 unspecified atom stereocenters. The van der Waals surface area contributed by atoms with Crippen LogP contribution in [-0.2, 0) is 24.1 Å². The number of rotatable bonds is 8. The SMILES string of the molecule is CCc1oc(-c2ccccc2)nc1CCOc1ccc2c(c1)CC[C@H]2CC(=O)O. The van der Waals surface area contributed by atoms with Crippen LogP contribution in [0.4, 0.5) is 0 Å². The first-order valence-electron chi connectivity index (χ1n) is 10.2. The van der Waals surface area contributed by atoms with Crippen molar-refractivity contribution in [3.63, 3.8) is 0 Å². The number of aromatic nitrogens is 1. The third-order valence-electron chi connectivity index (χ3n) is 5.47. The fraction of sp³-hybridized carbons (Fsp3) is 0.333. The van der Waals surface area contributed by atoms with E-state index >= 15 is 0 Å². The van der Waals surface area contributed by atoms with Gasteiger partial charge in [0.05, 0.1) is 18.7 Å². The highest BCUT2D eigenvalue weighted by Gasteiger charge is 2.25. The van der Waals surface area contributed by atoms with E-state index in [-0.39, 0.29) is 12.3 Å². The van der Waals surface area contributed by atoms with Crippen LogP contribution >= 0.6 is 0 Å². The van der Waals surface area contributed by atoms with Crippen LogP contribution in [-0.4, -0.2) is 22.7 Å². The number of aliphatic carboxylic acids is 1. The number of aryl methyl sites for hydroxylation is 2. The molecule has 0 radical (unpaired) electrons. The molecule has 0 spiro atoms. The van der Waals surface area contributed by atoms with E-state index in [0.717, 1.165) is 47.6 Å². The van der Waals surface area contributed by atoms with Crippen LogP contribution in [0.25, 0.3) is 11.5 Å². The minimum atomic E-state index is -0.739. The number of nitrogens with zero attached hydrogens (tertiary/aromatic N) is 1. The zero-order valence-corrected chi connectivity index (χ0v) is 16.6. The molecule has 0 aliphatic heterocycles. The van der Waals surface area contributed by atoms with E-state index in [1.165, 1.54) is 5.56 Å². The summed E-state index contributed by atoms with van der Waals surface area (Å²) >= 11 is 0. The third-order valence-corrected chi connectivity index (χ3v) is 5.47. The maximum Gasteiger partial charge on any atom is 0.303 e. The van der Waals surface area contributed by atoms with Gasteiger partial charge in [-0.3, -0.25) is 4.79 Å². The lowest BCUT2D eigenvalue weighted by Crippen LogP contribution is -2.05. The number of hydrogen-bond acceptors (Lipinski definition) is 4. The van der Waals surface area contributed by atoms with E-state index in [2.05, 4.69) is 18.0 Å². The van der Waals surface area contributed by atoms with Crippen molar-refractivity contribution in [3.8, 4) is 17.2 Å². The summed E-state index contributed by atoms with van der Waals surface area (Å²) < 4.78 is 11.9. The smallest absolute Gasteiger partial charge is 0.303 e. The normalized spacial score (nSPS) is 15.3. The summed E-state index contributed by atoms with van der Waals surface area (Å²) in [6, 6.07) is 15.9. The maximum atomic E-state index is 11.0. The summed E-state index contributed by atoms with van der Waals surface area (Å²) in [6.07, 6.45) is 3.47. The lowest BCUT2D eigenvalue weighted by molar-refractivity contribution is -0.137. The van der Waals surface area contributed by atoms with Crippen LogP contribution in [0.15, 0.2) is 52.9 Å². The van der Waals surface area contributed by atoms with Gasteiger partial charge in [-0.1, -0.05) is 31.2 Å². The molecule has 1 aromatic heterocycles. The lowest BCUT2D eigenvalue weighted by Gasteiger charge is -2.10. The molecule has 0 saturated heterocycles. The zero-order valence-electron chi connectivity index (χ0n) is 16.6. The number of carbonyl (C=O) groups is 1. The van der Waals surface area contributed by atoms with Crippen molar-refractivity contribution >= 4 is 5.97 Å². The summed E-state index contributed by atoms with van der Waals surface area (Å²) in [6.45, 7) is 2.58. The Kier molecular flexibility index (Phi) is 5.65. The highest BCUT2D eigenvalue weighted by Crippen LogP contribution is 2.37. The van der Waals surface area contributed by atoms with E-state index in [1.54, 1.807) is 0 Å². The number of hydrogen-bond donors (Lipinski definition) is 1. The number of carboxylic acids is 1. The molecule has 3 aromatic rings. The minimum Gasteiger partial charge on any atom is -0.493 e. The predicted octanol–water partition coefficient (Wildman–Crippen LogP) is 5.03. The summed E-state index contributed by atoms with van der Waals surface area (Å²) in [5.41, 5.74) is 4.27. The van der Waals surface area contributed by atoms with Gasteiger partial charge in [-0.15, -0.1) is 0 Å². The highest BCUT2D eigenvalue weighted by molar-refractivity contribution is 5.68. The largest absolute Gasteiger partial charge is 0.493 e. The molecule has 150 valence electrons. The molecule has 4 rings (SSSR count). The van der Waals surface area contributed by atoms with Crippen LogP contribution in [0.3, 0.4) is 0 Å². The van der Waals surface area contributed by atoms with E-state index in [0.29, 0.717) is 18.9 Å². The van der Waals surface area contributed by atoms with Crippen molar-refractivity contribution in [2.24, 2.45) is 0 Å². The Balaban J connectivity index is 1.40. The van der Waals surface area contributed by atoms with Crippen molar-refractivity contribution in [1.82, 2.24) is 4.98 Å². The predicted molar refractivity (Wildman–Crippen MR) is 110 cm³/mol. The van der Waals surface area contributed by atoms with Gasteiger partial charge in [0.15, 0.2) is 0 Å². The van der Waals surface area contributed by atoms with Gasteiger partial charge in [-0.25, -0.2) is 4.98 Å². The highest BCUT2D eigenvalue weighted by atomic mass is 16.5. The second-order valence-electron chi connectivity index (χ2n) is 7.40. The first-order chi connectivity index (χ1) is 14.1. The van der Waals surface area contributed by atoms with E-state index in [4.69, 9.17) is 14.3 Å². The standard InChI is InChI=1S/C24H25NO4/c1-2-22-21(25-24(29-22)16-6-4-3-5-7-16)12-13-28-19-10-11-20-17(14-19)8-9-18(20)15-23(26)27/h3-7,10-11,14,18H,2,8-9,12-13,15H2,1H3,(H,26,27)/t18-/m0/s1. The third kappa shape index (κ3) is 4.34. The van der Waals surface area contributed by atoms with E-state index in [1.807, 2.05) is 42.5 Å². The monoisotopic (exact) mass is 391 g/mol. The summed E-state index contributed by atoms with van der Waals surface area (Å²) in [7, 11) is 0. The maximum absolute atomic E-state index is 11.0. The summed E-state index contributed by atoms with van der Waals surface area (Å²) in [5.74, 6) is 1.76. The topological polar surface area (TPSA) is 72.6 Å². The minimum absolute atomic E-state index is 0.121. The zero-order chi connectivity index (χ0) is 20.2. The molecule has 0 fully saturated rings. The molecule has 1 atom stereocenters. The molecule has 0 bridgehead atoms. The fourth-order valence-electron chi connectivity index (χ4n) is 4.02. The molecule has 1 aliphatic rings. The number of oxazole rings is 1. The fourth-order valence-corrected chi connectivity index (χ4v) is 4.02. The van der Waals surface area contributed by atoms with Gasteiger partial charge >= 0.3 is 5.97 Å². The van der Waals surface area contributed by atoms with E-state index in [9.17, 15) is 4.79 Å². The number of carboxylic acid groups (broad SMARTS) is 1. The van der Waals surface area contributed by atoms with Crippen LogP contribution in [0, 0.1) is 0 Å². The van der Waals surface area contributed by atoms with Gasteiger partial charge in [-0.05, 0) is 54.2 Å². The quantitative estimate of drug-likeness (QED) is 0.583. The van der Waals surface area contributed by atoms with Crippen molar-refractivity contribution in [2.75, 3.05) is 6.61 Å². The Labute approximate surface area is 170 Å². The van der Waals surface area contributed by atoms with Crippen molar-refractivity contribution < 1.29 is 19.1 Å². The Morgan fingerprint density at radius 3 is 2.83 bits per heavy atom. The Hall–Kier alpha value is -3.08. The molecular weight excluding hydrogens is 366 g/mol. The number of ether oxygens (including phenoxy) is 1. The lowest BCUT2D eigenvalue weighted by atomic mass is 9.98.